The molecule has 122 valence electrons. The molecule has 24 heavy (non-hydrogen) atoms. The van der Waals surface area contributed by atoms with E-state index in [1.165, 1.54) is 12.1 Å². The van der Waals surface area contributed by atoms with Gasteiger partial charge in [0.1, 0.15) is 11.6 Å². The van der Waals surface area contributed by atoms with Crippen LogP contribution in [0.2, 0.25) is 0 Å². The van der Waals surface area contributed by atoms with Crippen LogP contribution >= 0.6 is 0 Å². The first kappa shape index (κ1) is 15.7. The van der Waals surface area contributed by atoms with Gasteiger partial charge in [-0.05, 0) is 37.3 Å². The van der Waals surface area contributed by atoms with Gasteiger partial charge in [0.25, 0.3) is 5.69 Å². The van der Waals surface area contributed by atoms with E-state index in [4.69, 9.17) is 4.74 Å². The number of methoxy groups -OCH3 is 1. The zero-order chi connectivity index (χ0) is 17.1. The Morgan fingerprint density at radius 2 is 1.92 bits per heavy atom. The normalized spacial score (nSPS) is 10.6. The minimum Gasteiger partial charge on any atom is -0.497 e. The van der Waals surface area contributed by atoms with E-state index in [9.17, 15) is 10.1 Å². The Labute approximate surface area is 138 Å². The van der Waals surface area contributed by atoms with E-state index < -0.39 is 4.92 Å². The molecule has 3 aromatic rings. The second-order valence-corrected chi connectivity index (χ2v) is 5.26. The number of aromatic nitrogens is 2. The molecule has 0 unspecified atom stereocenters. The van der Waals surface area contributed by atoms with Crippen molar-refractivity contribution in [3.8, 4) is 5.75 Å². The SMILES string of the molecule is COc1ccc(NCc2nc(C)nc3ccc([N+](=O)[O-])cc23)cc1. The zero-order valence-corrected chi connectivity index (χ0v) is 13.3. The highest BCUT2D eigenvalue weighted by Crippen LogP contribution is 2.23. The number of rotatable bonds is 5. The van der Waals surface area contributed by atoms with Crippen LogP contribution in [-0.2, 0) is 6.54 Å². The number of aryl methyl sites for hydroxylation is 1. The smallest absolute Gasteiger partial charge is 0.270 e. The molecule has 3 rings (SSSR count). The maximum absolute atomic E-state index is 11.0. The monoisotopic (exact) mass is 324 g/mol. The van der Waals surface area contributed by atoms with E-state index in [2.05, 4.69) is 15.3 Å². The number of non-ortho nitro benzene ring substituents is 1. The molecular weight excluding hydrogens is 308 g/mol. The first-order valence-electron chi connectivity index (χ1n) is 7.36. The van der Waals surface area contributed by atoms with Gasteiger partial charge in [-0.15, -0.1) is 0 Å². The average Bonchev–Trinajstić information content (AvgIpc) is 2.59. The number of nitro benzene ring substituents is 1. The van der Waals surface area contributed by atoms with Gasteiger partial charge < -0.3 is 10.1 Å². The fourth-order valence-electron chi connectivity index (χ4n) is 2.45. The fraction of sp³-hybridized carbons (Fsp3) is 0.176. The van der Waals surface area contributed by atoms with Crippen LogP contribution < -0.4 is 10.1 Å². The molecule has 0 aliphatic rings. The van der Waals surface area contributed by atoms with Crippen molar-refractivity contribution < 1.29 is 9.66 Å². The summed E-state index contributed by atoms with van der Waals surface area (Å²) in [5, 5.41) is 14.9. The summed E-state index contributed by atoms with van der Waals surface area (Å²) in [5.74, 6) is 1.40. The van der Waals surface area contributed by atoms with Crippen molar-refractivity contribution in [2.24, 2.45) is 0 Å². The number of hydrogen-bond donors (Lipinski definition) is 1. The summed E-state index contributed by atoms with van der Waals surface area (Å²) >= 11 is 0. The van der Waals surface area contributed by atoms with Crippen molar-refractivity contribution in [3.05, 3.63) is 64.1 Å². The van der Waals surface area contributed by atoms with E-state index in [0.29, 0.717) is 23.3 Å². The predicted molar refractivity (Wildman–Crippen MR) is 91.3 cm³/mol. The Morgan fingerprint density at radius 1 is 1.17 bits per heavy atom. The second kappa shape index (κ2) is 6.49. The minimum absolute atomic E-state index is 0.0284. The van der Waals surface area contributed by atoms with E-state index >= 15 is 0 Å². The summed E-state index contributed by atoms with van der Waals surface area (Å²) in [6.07, 6.45) is 0. The summed E-state index contributed by atoms with van der Waals surface area (Å²) in [7, 11) is 1.62. The predicted octanol–water partition coefficient (Wildman–Crippen LogP) is 3.47. The van der Waals surface area contributed by atoms with Gasteiger partial charge in [0, 0.05) is 23.2 Å². The van der Waals surface area contributed by atoms with Crippen LogP contribution in [0.4, 0.5) is 11.4 Å². The number of ether oxygens (including phenoxy) is 1. The number of anilines is 1. The van der Waals surface area contributed by atoms with Crippen LogP contribution in [0.5, 0.6) is 5.75 Å². The third-order valence-corrected chi connectivity index (χ3v) is 3.63. The number of nitro groups is 1. The van der Waals surface area contributed by atoms with Gasteiger partial charge in [-0.25, -0.2) is 9.97 Å². The highest BCUT2D eigenvalue weighted by Gasteiger charge is 2.12. The topological polar surface area (TPSA) is 90.2 Å². The lowest BCUT2D eigenvalue weighted by atomic mass is 10.1. The summed E-state index contributed by atoms with van der Waals surface area (Å²) in [6.45, 7) is 2.24. The lowest BCUT2D eigenvalue weighted by molar-refractivity contribution is -0.384. The molecule has 1 N–H and O–H groups in total. The minimum atomic E-state index is -0.417. The van der Waals surface area contributed by atoms with Crippen molar-refractivity contribution in [2.75, 3.05) is 12.4 Å². The molecule has 0 bridgehead atoms. The van der Waals surface area contributed by atoms with Gasteiger partial charge in [0.05, 0.1) is 29.8 Å². The summed E-state index contributed by atoms with van der Waals surface area (Å²) in [6, 6.07) is 12.1. The number of fused-ring (bicyclic) bond motifs is 1. The quantitative estimate of drug-likeness (QED) is 0.571. The molecule has 1 heterocycles. The second-order valence-electron chi connectivity index (χ2n) is 5.26. The Kier molecular flexibility index (Phi) is 4.24. The molecule has 7 heteroatoms. The van der Waals surface area contributed by atoms with E-state index in [1.54, 1.807) is 20.1 Å². The first-order valence-corrected chi connectivity index (χ1v) is 7.36. The number of hydrogen-bond acceptors (Lipinski definition) is 6. The highest BCUT2D eigenvalue weighted by atomic mass is 16.6. The molecule has 0 saturated carbocycles. The standard InChI is InChI=1S/C17H16N4O3/c1-11-19-16-8-5-13(21(22)23)9-15(16)17(20-11)10-18-12-3-6-14(24-2)7-4-12/h3-9,18H,10H2,1-2H3. The van der Waals surface area contributed by atoms with Crippen LogP contribution in [0.15, 0.2) is 42.5 Å². The van der Waals surface area contributed by atoms with Gasteiger partial charge >= 0.3 is 0 Å². The maximum atomic E-state index is 11.0. The summed E-state index contributed by atoms with van der Waals surface area (Å²) in [4.78, 5) is 19.3. The van der Waals surface area contributed by atoms with Crippen molar-refractivity contribution in [2.45, 2.75) is 13.5 Å². The van der Waals surface area contributed by atoms with Crippen molar-refractivity contribution >= 4 is 22.3 Å². The van der Waals surface area contributed by atoms with Crippen LogP contribution in [0, 0.1) is 17.0 Å². The third kappa shape index (κ3) is 3.24. The first-order chi connectivity index (χ1) is 11.6. The van der Waals surface area contributed by atoms with E-state index in [0.717, 1.165) is 17.1 Å². The van der Waals surface area contributed by atoms with Crippen LogP contribution in [-0.4, -0.2) is 22.0 Å². The van der Waals surface area contributed by atoms with Gasteiger partial charge in [0.15, 0.2) is 0 Å². The van der Waals surface area contributed by atoms with Crippen molar-refractivity contribution in [1.29, 1.82) is 0 Å². The number of nitrogens with zero attached hydrogens (tertiary/aromatic N) is 3. The van der Waals surface area contributed by atoms with Gasteiger partial charge in [-0.2, -0.15) is 0 Å². The molecule has 0 aliphatic heterocycles. The molecule has 1 aromatic heterocycles. The maximum Gasteiger partial charge on any atom is 0.270 e. The highest BCUT2D eigenvalue weighted by molar-refractivity contribution is 5.83. The summed E-state index contributed by atoms with van der Waals surface area (Å²) < 4.78 is 5.13. The Morgan fingerprint density at radius 3 is 2.58 bits per heavy atom. The Bertz CT molecular complexity index is 894. The molecule has 0 aliphatic carbocycles. The van der Waals surface area contributed by atoms with E-state index in [1.807, 2.05) is 24.3 Å². The number of benzene rings is 2. The van der Waals surface area contributed by atoms with E-state index in [-0.39, 0.29) is 5.69 Å². The summed E-state index contributed by atoms with van der Waals surface area (Å²) in [5.41, 5.74) is 2.35. The van der Waals surface area contributed by atoms with Crippen molar-refractivity contribution in [1.82, 2.24) is 9.97 Å². The molecule has 0 fully saturated rings. The molecule has 0 spiro atoms. The zero-order valence-electron chi connectivity index (χ0n) is 13.3. The largest absolute Gasteiger partial charge is 0.497 e. The third-order valence-electron chi connectivity index (χ3n) is 3.63. The average molecular weight is 324 g/mol. The molecule has 0 radical (unpaired) electrons. The molecule has 0 amide bonds. The lowest BCUT2D eigenvalue weighted by Crippen LogP contribution is -2.05. The van der Waals surface area contributed by atoms with Gasteiger partial charge in [-0.1, -0.05) is 0 Å². The van der Waals surface area contributed by atoms with Crippen LogP contribution in [0.3, 0.4) is 0 Å². The van der Waals surface area contributed by atoms with Crippen molar-refractivity contribution in [3.63, 3.8) is 0 Å². The molecular formula is C17H16N4O3. The molecule has 2 aromatic carbocycles. The molecule has 0 atom stereocenters. The molecule has 7 nitrogen and oxygen atoms in total. The Hall–Kier alpha value is -3.22. The Balaban J connectivity index is 1.91. The van der Waals surface area contributed by atoms with Crippen LogP contribution in [0.1, 0.15) is 11.5 Å². The lowest BCUT2D eigenvalue weighted by Gasteiger charge is -2.10. The van der Waals surface area contributed by atoms with Gasteiger partial charge in [0.2, 0.25) is 0 Å². The number of nitrogens with one attached hydrogen (secondary N) is 1. The fourth-order valence-corrected chi connectivity index (χ4v) is 2.45. The molecule has 0 saturated heterocycles. The van der Waals surface area contributed by atoms with Crippen LogP contribution in [0.25, 0.3) is 10.9 Å². The van der Waals surface area contributed by atoms with Gasteiger partial charge in [-0.3, -0.25) is 10.1 Å².